The summed E-state index contributed by atoms with van der Waals surface area (Å²) in [4.78, 5) is 15.5. The van der Waals surface area contributed by atoms with E-state index in [9.17, 15) is 13.2 Å². The molecule has 0 bridgehead atoms. The minimum absolute atomic E-state index is 0.112. The van der Waals surface area contributed by atoms with Gasteiger partial charge in [0.15, 0.2) is 0 Å². The summed E-state index contributed by atoms with van der Waals surface area (Å²) in [6, 6.07) is 12.8. The molecule has 160 valence electrons. The number of hydrogen-bond donors (Lipinski definition) is 4. The van der Waals surface area contributed by atoms with Crippen LogP contribution in [0.4, 0.5) is 4.79 Å². The van der Waals surface area contributed by atoms with Crippen molar-refractivity contribution in [3.05, 3.63) is 69.8 Å². The molecule has 2 aromatic carbocycles. The number of rotatable bonds is 8. The third-order valence-electron chi connectivity index (χ3n) is 4.58. The van der Waals surface area contributed by atoms with Gasteiger partial charge >= 0.3 is 6.03 Å². The molecule has 4 N–H and O–H groups in total. The summed E-state index contributed by atoms with van der Waals surface area (Å²) in [7, 11) is -3.29. The Balaban J connectivity index is 1.76. The minimum atomic E-state index is -3.29. The summed E-state index contributed by atoms with van der Waals surface area (Å²) in [5.41, 5.74) is 2.82. The van der Waals surface area contributed by atoms with Gasteiger partial charge < -0.3 is 15.6 Å². The number of amides is 2. The van der Waals surface area contributed by atoms with E-state index in [-0.39, 0.29) is 25.6 Å². The Morgan fingerprint density at radius 1 is 1.07 bits per heavy atom. The Bertz CT molecular complexity index is 1150. The molecule has 0 saturated heterocycles. The number of hydrogen-bond acceptors (Lipinski definition) is 3. The SMILES string of the molecule is CS(=O)(=O)NCCNC(=O)NCC(c1ccc(Cl)cc1Cl)c1c[nH]c2ccccc12. The van der Waals surface area contributed by atoms with Crippen LogP contribution < -0.4 is 15.4 Å². The molecule has 30 heavy (non-hydrogen) atoms. The lowest BCUT2D eigenvalue weighted by Gasteiger charge is -2.20. The second-order valence-electron chi connectivity index (χ2n) is 6.81. The van der Waals surface area contributed by atoms with Crippen LogP contribution >= 0.6 is 23.2 Å². The van der Waals surface area contributed by atoms with Crippen molar-refractivity contribution < 1.29 is 13.2 Å². The molecule has 0 spiro atoms. The zero-order chi connectivity index (χ0) is 21.7. The molecule has 10 heteroatoms. The third-order valence-corrected chi connectivity index (χ3v) is 5.87. The lowest BCUT2D eigenvalue weighted by atomic mass is 9.91. The Kier molecular flexibility index (Phi) is 7.25. The summed E-state index contributed by atoms with van der Waals surface area (Å²) in [5, 5.41) is 7.55. The van der Waals surface area contributed by atoms with E-state index >= 15 is 0 Å². The predicted octanol–water partition coefficient (Wildman–Crippen LogP) is 3.46. The van der Waals surface area contributed by atoms with E-state index < -0.39 is 16.1 Å². The number of aromatic amines is 1. The largest absolute Gasteiger partial charge is 0.361 e. The van der Waals surface area contributed by atoms with Crippen molar-refractivity contribution >= 4 is 50.2 Å². The van der Waals surface area contributed by atoms with Gasteiger partial charge in [-0.3, -0.25) is 0 Å². The second-order valence-corrected chi connectivity index (χ2v) is 9.49. The average Bonchev–Trinajstić information content (AvgIpc) is 3.10. The predicted molar refractivity (Wildman–Crippen MR) is 121 cm³/mol. The van der Waals surface area contributed by atoms with E-state index in [0.717, 1.165) is 28.3 Å². The average molecular weight is 469 g/mol. The van der Waals surface area contributed by atoms with Gasteiger partial charge in [0.05, 0.1) is 6.26 Å². The number of para-hydroxylation sites is 1. The number of aromatic nitrogens is 1. The number of halogens is 2. The van der Waals surface area contributed by atoms with Crippen molar-refractivity contribution in [3.8, 4) is 0 Å². The van der Waals surface area contributed by atoms with Crippen molar-refractivity contribution in [3.63, 3.8) is 0 Å². The maximum Gasteiger partial charge on any atom is 0.314 e. The van der Waals surface area contributed by atoms with Crippen LogP contribution in [-0.2, 0) is 10.0 Å². The van der Waals surface area contributed by atoms with E-state index in [1.54, 1.807) is 12.1 Å². The van der Waals surface area contributed by atoms with Gasteiger partial charge in [0, 0.05) is 52.7 Å². The first-order chi connectivity index (χ1) is 14.2. The number of fused-ring (bicyclic) bond motifs is 1. The van der Waals surface area contributed by atoms with Crippen LogP contribution in [0.2, 0.25) is 10.0 Å². The molecule has 0 aliphatic rings. The Morgan fingerprint density at radius 2 is 1.83 bits per heavy atom. The molecule has 1 aromatic heterocycles. The smallest absolute Gasteiger partial charge is 0.314 e. The summed E-state index contributed by atoms with van der Waals surface area (Å²) >= 11 is 12.5. The molecule has 0 fully saturated rings. The molecule has 3 rings (SSSR count). The van der Waals surface area contributed by atoms with Crippen molar-refractivity contribution in [1.29, 1.82) is 0 Å². The van der Waals surface area contributed by atoms with Gasteiger partial charge in [-0.05, 0) is 29.3 Å². The summed E-state index contributed by atoms with van der Waals surface area (Å²) in [5.74, 6) is -0.217. The van der Waals surface area contributed by atoms with E-state index in [0.29, 0.717) is 10.0 Å². The van der Waals surface area contributed by atoms with E-state index in [2.05, 4.69) is 20.3 Å². The highest BCUT2D eigenvalue weighted by atomic mass is 35.5. The zero-order valence-electron chi connectivity index (χ0n) is 16.2. The van der Waals surface area contributed by atoms with Crippen LogP contribution in [0.3, 0.4) is 0 Å². The van der Waals surface area contributed by atoms with Gasteiger partial charge in [0.25, 0.3) is 0 Å². The van der Waals surface area contributed by atoms with Crippen molar-refractivity contribution in [1.82, 2.24) is 20.3 Å². The van der Waals surface area contributed by atoms with Gasteiger partial charge in [-0.1, -0.05) is 47.5 Å². The highest BCUT2D eigenvalue weighted by Crippen LogP contribution is 2.35. The van der Waals surface area contributed by atoms with Gasteiger partial charge in [-0.15, -0.1) is 0 Å². The van der Waals surface area contributed by atoms with Crippen molar-refractivity contribution in [2.24, 2.45) is 0 Å². The minimum Gasteiger partial charge on any atom is -0.361 e. The quantitative estimate of drug-likeness (QED) is 0.380. The molecule has 0 aliphatic carbocycles. The van der Waals surface area contributed by atoms with E-state index in [1.165, 1.54) is 0 Å². The summed E-state index contributed by atoms with van der Waals surface area (Å²) in [6.45, 7) is 0.564. The molecule has 1 atom stereocenters. The maximum absolute atomic E-state index is 12.2. The first-order valence-electron chi connectivity index (χ1n) is 9.22. The molecular weight excluding hydrogens is 447 g/mol. The molecular formula is C20H22Cl2N4O3S. The number of benzene rings is 2. The standard InChI is InChI=1S/C20H22Cl2N4O3S/c1-30(28,29)26-9-8-23-20(27)25-12-16(14-7-6-13(21)10-18(14)22)17-11-24-19-5-3-2-4-15(17)19/h2-7,10-11,16,24,26H,8-9,12H2,1H3,(H2,23,25,27). The van der Waals surface area contributed by atoms with Gasteiger partial charge in [-0.2, -0.15) is 0 Å². The van der Waals surface area contributed by atoms with Crippen LogP contribution in [0.5, 0.6) is 0 Å². The fraction of sp³-hybridized carbons (Fsp3) is 0.250. The Morgan fingerprint density at radius 3 is 2.57 bits per heavy atom. The highest BCUT2D eigenvalue weighted by Gasteiger charge is 2.21. The number of H-pyrrole nitrogens is 1. The molecule has 0 saturated carbocycles. The fourth-order valence-corrected chi connectivity index (χ4v) is 4.24. The topological polar surface area (TPSA) is 103 Å². The molecule has 0 aliphatic heterocycles. The summed E-state index contributed by atoms with van der Waals surface area (Å²) < 4.78 is 24.5. The third kappa shape index (κ3) is 5.89. The molecule has 3 aromatic rings. The van der Waals surface area contributed by atoms with Crippen LogP contribution in [-0.4, -0.2) is 45.3 Å². The second kappa shape index (κ2) is 9.70. The normalized spacial score (nSPS) is 12.6. The Labute approximate surface area is 185 Å². The van der Waals surface area contributed by atoms with Crippen LogP contribution in [0.15, 0.2) is 48.7 Å². The molecule has 7 nitrogen and oxygen atoms in total. The van der Waals surface area contributed by atoms with E-state index in [4.69, 9.17) is 23.2 Å². The number of carbonyl (C=O) groups is 1. The lowest BCUT2D eigenvalue weighted by molar-refractivity contribution is 0.240. The van der Waals surface area contributed by atoms with Gasteiger partial charge in [0.1, 0.15) is 0 Å². The first kappa shape index (κ1) is 22.4. The number of sulfonamides is 1. The first-order valence-corrected chi connectivity index (χ1v) is 11.9. The Hall–Kier alpha value is -2.26. The van der Waals surface area contributed by atoms with Gasteiger partial charge in [0.2, 0.25) is 10.0 Å². The fourth-order valence-electron chi connectivity index (χ4n) is 3.22. The van der Waals surface area contributed by atoms with E-state index in [1.807, 2.05) is 36.5 Å². The van der Waals surface area contributed by atoms with Crippen molar-refractivity contribution in [2.75, 3.05) is 25.9 Å². The number of urea groups is 1. The molecule has 0 radical (unpaired) electrons. The maximum atomic E-state index is 12.2. The molecule has 1 heterocycles. The highest BCUT2D eigenvalue weighted by molar-refractivity contribution is 7.88. The molecule has 2 amide bonds. The summed E-state index contributed by atoms with van der Waals surface area (Å²) in [6.07, 6.45) is 2.98. The van der Waals surface area contributed by atoms with Crippen LogP contribution in [0.1, 0.15) is 17.0 Å². The molecule has 1 unspecified atom stereocenters. The zero-order valence-corrected chi connectivity index (χ0v) is 18.5. The monoisotopic (exact) mass is 468 g/mol. The lowest BCUT2D eigenvalue weighted by Crippen LogP contribution is -2.41. The van der Waals surface area contributed by atoms with Gasteiger partial charge in [-0.25, -0.2) is 17.9 Å². The number of carbonyl (C=O) groups excluding carboxylic acids is 1. The van der Waals surface area contributed by atoms with Crippen LogP contribution in [0.25, 0.3) is 10.9 Å². The van der Waals surface area contributed by atoms with Crippen LogP contribution in [0, 0.1) is 0 Å². The van der Waals surface area contributed by atoms with Crippen molar-refractivity contribution in [2.45, 2.75) is 5.92 Å². The number of nitrogens with one attached hydrogen (secondary N) is 4.